The minimum absolute atomic E-state index is 0.265. The molecule has 0 heterocycles. The van der Waals surface area contributed by atoms with Crippen LogP contribution in [0.1, 0.15) is 24.8 Å². The van der Waals surface area contributed by atoms with Crippen molar-refractivity contribution in [2.75, 3.05) is 7.11 Å². The van der Waals surface area contributed by atoms with Crippen LogP contribution in [0.15, 0.2) is 18.2 Å². The Kier molecular flexibility index (Phi) is 3.22. The van der Waals surface area contributed by atoms with E-state index in [1.54, 1.807) is 12.1 Å². The molecule has 0 radical (unpaired) electrons. The third kappa shape index (κ3) is 2.60. The zero-order valence-electron chi connectivity index (χ0n) is 9.33. The van der Waals surface area contributed by atoms with Crippen molar-refractivity contribution in [1.82, 2.24) is 0 Å². The number of carbonyl (C=O) groups excluding carboxylic acids is 1. The first-order chi connectivity index (χ1) is 7.70. The summed E-state index contributed by atoms with van der Waals surface area (Å²) in [5.41, 5.74) is 0.592. The molecular formula is C13H15FO2. The molecule has 2 nitrogen and oxygen atoms in total. The SMILES string of the molecule is COc1ccc(CCC(=O)C2CC2)c(F)c1. The quantitative estimate of drug-likeness (QED) is 0.765. The van der Waals surface area contributed by atoms with Crippen LogP contribution in [0.2, 0.25) is 0 Å². The van der Waals surface area contributed by atoms with E-state index < -0.39 is 0 Å². The van der Waals surface area contributed by atoms with Crippen molar-refractivity contribution in [2.24, 2.45) is 5.92 Å². The maximum atomic E-state index is 13.5. The third-order valence-electron chi connectivity index (χ3n) is 2.93. The van der Waals surface area contributed by atoms with Gasteiger partial charge in [-0.05, 0) is 30.9 Å². The van der Waals surface area contributed by atoms with Crippen LogP contribution >= 0.6 is 0 Å². The van der Waals surface area contributed by atoms with Crippen molar-refractivity contribution >= 4 is 5.78 Å². The number of carbonyl (C=O) groups is 1. The number of rotatable bonds is 5. The monoisotopic (exact) mass is 222 g/mol. The number of ether oxygens (including phenoxy) is 1. The molecule has 1 aromatic rings. The largest absolute Gasteiger partial charge is 0.497 e. The normalized spacial score (nSPS) is 14.9. The van der Waals surface area contributed by atoms with Gasteiger partial charge in [0.25, 0.3) is 0 Å². The van der Waals surface area contributed by atoms with Gasteiger partial charge >= 0.3 is 0 Å². The van der Waals surface area contributed by atoms with E-state index in [0.29, 0.717) is 24.2 Å². The van der Waals surface area contributed by atoms with Crippen molar-refractivity contribution in [2.45, 2.75) is 25.7 Å². The Bertz CT molecular complexity index is 397. The minimum Gasteiger partial charge on any atom is -0.497 e. The molecule has 0 amide bonds. The Morgan fingerprint density at radius 2 is 2.25 bits per heavy atom. The molecule has 0 saturated heterocycles. The fourth-order valence-electron chi connectivity index (χ4n) is 1.73. The first kappa shape index (κ1) is 11.1. The molecule has 0 atom stereocenters. The smallest absolute Gasteiger partial charge is 0.136 e. The van der Waals surface area contributed by atoms with Crippen LogP contribution in [0.4, 0.5) is 4.39 Å². The van der Waals surface area contributed by atoms with Crippen LogP contribution in [-0.4, -0.2) is 12.9 Å². The van der Waals surface area contributed by atoms with E-state index in [1.807, 2.05) is 0 Å². The summed E-state index contributed by atoms with van der Waals surface area (Å²) in [6.45, 7) is 0. The van der Waals surface area contributed by atoms with Gasteiger partial charge < -0.3 is 4.74 Å². The maximum Gasteiger partial charge on any atom is 0.136 e. The van der Waals surface area contributed by atoms with Gasteiger partial charge in [0.1, 0.15) is 17.3 Å². The fraction of sp³-hybridized carbons (Fsp3) is 0.462. The molecule has 0 aliphatic heterocycles. The van der Waals surface area contributed by atoms with E-state index in [4.69, 9.17) is 4.74 Å². The van der Waals surface area contributed by atoms with Crippen molar-refractivity contribution in [1.29, 1.82) is 0 Å². The maximum absolute atomic E-state index is 13.5. The molecule has 0 N–H and O–H groups in total. The summed E-state index contributed by atoms with van der Waals surface area (Å²) < 4.78 is 18.4. The Balaban J connectivity index is 1.95. The van der Waals surface area contributed by atoms with Gasteiger partial charge in [0.2, 0.25) is 0 Å². The molecule has 0 aromatic heterocycles. The van der Waals surface area contributed by atoms with E-state index in [-0.39, 0.29) is 17.5 Å². The highest BCUT2D eigenvalue weighted by atomic mass is 19.1. The number of benzene rings is 1. The second-order valence-corrected chi connectivity index (χ2v) is 4.20. The lowest BCUT2D eigenvalue weighted by Gasteiger charge is -2.05. The number of methoxy groups -OCH3 is 1. The second-order valence-electron chi connectivity index (χ2n) is 4.20. The molecule has 0 spiro atoms. The molecular weight excluding hydrogens is 207 g/mol. The summed E-state index contributed by atoms with van der Waals surface area (Å²) in [7, 11) is 1.51. The van der Waals surface area contributed by atoms with Crippen LogP contribution in [0.5, 0.6) is 5.75 Å². The number of halogens is 1. The molecule has 1 aliphatic carbocycles. The van der Waals surface area contributed by atoms with Gasteiger partial charge in [-0.1, -0.05) is 6.07 Å². The van der Waals surface area contributed by atoms with Gasteiger partial charge in [-0.25, -0.2) is 4.39 Å². The molecule has 1 aromatic carbocycles. The molecule has 86 valence electrons. The van der Waals surface area contributed by atoms with Gasteiger partial charge in [0.15, 0.2) is 0 Å². The highest BCUT2D eigenvalue weighted by Gasteiger charge is 2.28. The lowest BCUT2D eigenvalue weighted by atomic mass is 10.0. The molecule has 3 heteroatoms. The highest BCUT2D eigenvalue weighted by molar-refractivity contribution is 5.83. The van der Waals surface area contributed by atoms with Crippen LogP contribution in [0.3, 0.4) is 0 Å². The van der Waals surface area contributed by atoms with E-state index in [0.717, 1.165) is 12.8 Å². The lowest BCUT2D eigenvalue weighted by Crippen LogP contribution is -2.03. The summed E-state index contributed by atoms with van der Waals surface area (Å²) in [5, 5.41) is 0. The second kappa shape index (κ2) is 4.64. The summed E-state index contributed by atoms with van der Waals surface area (Å²) in [6, 6.07) is 4.77. The van der Waals surface area contributed by atoms with Gasteiger partial charge in [0, 0.05) is 18.4 Å². The Hall–Kier alpha value is -1.38. The minimum atomic E-state index is -0.289. The molecule has 1 fully saturated rings. The number of ketones is 1. The predicted octanol–water partition coefficient (Wildman–Crippen LogP) is 2.75. The van der Waals surface area contributed by atoms with E-state index >= 15 is 0 Å². The Morgan fingerprint density at radius 3 is 2.81 bits per heavy atom. The summed E-state index contributed by atoms with van der Waals surface area (Å²) in [6.07, 6.45) is 2.98. The topological polar surface area (TPSA) is 26.3 Å². The van der Waals surface area contributed by atoms with Crippen molar-refractivity contribution in [3.05, 3.63) is 29.6 Å². The summed E-state index contributed by atoms with van der Waals surface area (Å²) in [4.78, 5) is 11.5. The number of aryl methyl sites for hydroxylation is 1. The lowest BCUT2D eigenvalue weighted by molar-refractivity contribution is -0.120. The van der Waals surface area contributed by atoms with Gasteiger partial charge in [-0.15, -0.1) is 0 Å². The zero-order valence-corrected chi connectivity index (χ0v) is 9.33. The van der Waals surface area contributed by atoms with Crippen LogP contribution in [0.25, 0.3) is 0 Å². The highest BCUT2D eigenvalue weighted by Crippen LogP contribution is 2.31. The van der Waals surface area contributed by atoms with Crippen LogP contribution < -0.4 is 4.74 Å². The van der Waals surface area contributed by atoms with E-state index in [9.17, 15) is 9.18 Å². The molecule has 2 rings (SSSR count). The summed E-state index contributed by atoms with van der Waals surface area (Å²) >= 11 is 0. The van der Waals surface area contributed by atoms with Crippen molar-refractivity contribution in [3.63, 3.8) is 0 Å². The molecule has 1 saturated carbocycles. The number of hydrogen-bond donors (Lipinski definition) is 0. The van der Waals surface area contributed by atoms with E-state index in [2.05, 4.69) is 0 Å². The molecule has 16 heavy (non-hydrogen) atoms. The fourth-order valence-corrected chi connectivity index (χ4v) is 1.73. The third-order valence-corrected chi connectivity index (χ3v) is 2.93. The molecule has 1 aliphatic rings. The predicted molar refractivity (Wildman–Crippen MR) is 59.0 cm³/mol. The van der Waals surface area contributed by atoms with Gasteiger partial charge in [-0.3, -0.25) is 4.79 Å². The van der Waals surface area contributed by atoms with Crippen molar-refractivity contribution in [3.8, 4) is 5.75 Å². The zero-order chi connectivity index (χ0) is 11.5. The average Bonchev–Trinajstić information content (AvgIpc) is 3.10. The Morgan fingerprint density at radius 1 is 1.50 bits per heavy atom. The number of Topliss-reactive ketones (excluding diaryl/α,β-unsaturated/α-hetero) is 1. The van der Waals surface area contributed by atoms with Crippen LogP contribution in [-0.2, 0) is 11.2 Å². The molecule has 0 unspecified atom stereocenters. The van der Waals surface area contributed by atoms with Gasteiger partial charge in [0.05, 0.1) is 7.11 Å². The first-order valence-corrected chi connectivity index (χ1v) is 5.56. The molecule has 0 bridgehead atoms. The van der Waals surface area contributed by atoms with Gasteiger partial charge in [-0.2, -0.15) is 0 Å². The van der Waals surface area contributed by atoms with Crippen LogP contribution in [0, 0.1) is 11.7 Å². The standard InChI is InChI=1S/C13H15FO2/c1-16-11-6-4-9(12(14)8-11)5-7-13(15)10-2-3-10/h4,6,8,10H,2-3,5,7H2,1H3. The summed E-state index contributed by atoms with van der Waals surface area (Å²) in [5.74, 6) is 0.759. The van der Waals surface area contributed by atoms with E-state index in [1.165, 1.54) is 13.2 Å². The average molecular weight is 222 g/mol. The number of hydrogen-bond acceptors (Lipinski definition) is 2. The first-order valence-electron chi connectivity index (χ1n) is 5.56. The Labute approximate surface area is 94.4 Å². The van der Waals surface area contributed by atoms with Crippen molar-refractivity contribution < 1.29 is 13.9 Å².